The van der Waals surface area contributed by atoms with Gasteiger partial charge in [0.05, 0.1) is 0 Å². The van der Waals surface area contributed by atoms with E-state index in [2.05, 4.69) is 5.32 Å². The maximum absolute atomic E-state index is 12.9. The molecule has 5 heteroatoms. The van der Waals surface area contributed by atoms with E-state index in [4.69, 9.17) is 4.74 Å². The minimum Gasteiger partial charge on any atom is -0.457 e. The number of amides is 2. The average Bonchev–Trinajstić information content (AvgIpc) is 2.73. The summed E-state index contributed by atoms with van der Waals surface area (Å²) in [5.74, 6) is 1.40. The number of hydrogen-bond donors (Lipinski definition) is 1. The van der Waals surface area contributed by atoms with Crippen molar-refractivity contribution in [2.45, 2.75) is 26.2 Å². The largest absolute Gasteiger partial charge is 0.457 e. The standard InChI is InChI=1S/C22H26N2O3/c1-2-14-23-22(26)24-15-6-7-18(16-24)21(25)17-10-12-20(13-11-17)27-19-8-4-3-5-9-19/h3-5,8-13,18H,2,6-7,14-16H2,1H3,(H,23,26). The molecule has 0 aromatic heterocycles. The number of likely N-dealkylation sites (tertiary alicyclic amines) is 1. The Balaban J connectivity index is 1.60. The molecule has 0 spiro atoms. The van der Waals surface area contributed by atoms with Crippen molar-refractivity contribution in [3.63, 3.8) is 0 Å². The molecule has 1 atom stereocenters. The topological polar surface area (TPSA) is 58.6 Å². The molecule has 5 nitrogen and oxygen atoms in total. The van der Waals surface area contributed by atoms with Gasteiger partial charge in [-0.1, -0.05) is 25.1 Å². The second-order valence-electron chi connectivity index (χ2n) is 6.82. The fraction of sp³-hybridized carbons (Fsp3) is 0.364. The van der Waals surface area contributed by atoms with Gasteiger partial charge in [-0.2, -0.15) is 0 Å². The van der Waals surface area contributed by atoms with Crippen LogP contribution in [0.3, 0.4) is 0 Å². The zero-order valence-corrected chi connectivity index (χ0v) is 15.7. The van der Waals surface area contributed by atoms with Crippen molar-refractivity contribution in [3.05, 3.63) is 60.2 Å². The molecule has 0 saturated carbocycles. The maximum atomic E-state index is 12.9. The van der Waals surface area contributed by atoms with Crippen molar-refractivity contribution in [2.75, 3.05) is 19.6 Å². The molecule has 2 amide bonds. The third-order valence-electron chi connectivity index (χ3n) is 4.72. The molecule has 142 valence electrons. The zero-order chi connectivity index (χ0) is 19.1. The number of rotatable bonds is 6. The van der Waals surface area contributed by atoms with Gasteiger partial charge >= 0.3 is 6.03 Å². The van der Waals surface area contributed by atoms with E-state index in [9.17, 15) is 9.59 Å². The summed E-state index contributed by atoms with van der Waals surface area (Å²) in [5.41, 5.74) is 0.663. The fourth-order valence-corrected chi connectivity index (χ4v) is 3.27. The van der Waals surface area contributed by atoms with Crippen LogP contribution in [0.2, 0.25) is 0 Å². The third-order valence-corrected chi connectivity index (χ3v) is 4.72. The molecule has 0 bridgehead atoms. The molecule has 1 heterocycles. The van der Waals surface area contributed by atoms with Crippen LogP contribution in [0.4, 0.5) is 4.79 Å². The van der Waals surface area contributed by atoms with Crippen LogP contribution in [-0.2, 0) is 0 Å². The van der Waals surface area contributed by atoms with E-state index in [0.29, 0.717) is 30.9 Å². The molecule has 1 aliphatic heterocycles. The second-order valence-corrected chi connectivity index (χ2v) is 6.82. The van der Waals surface area contributed by atoms with E-state index in [1.807, 2.05) is 49.4 Å². The average molecular weight is 366 g/mol. The molecule has 1 aliphatic rings. The van der Waals surface area contributed by atoms with E-state index < -0.39 is 0 Å². The summed E-state index contributed by atoms with van der Waals surface area (Å²) < 4.78 is 5.77. The predicted octanol–water partition coefficient (Wildman–Crippen LogP) is 4.49. The molecule has 3 rings (SSSR count). The molecule has 1 fully saturated rings. The van der Waals surface area contributed by atoms with Crippen molar-refractivity contribution in [1.82, 2.24) is 10.2 Å². The maximum Gasteiger partial charge on any atom is 0.317 e. The summed E-state index contributed by atoms with van der Waals surface area (Å²) in [6, 6.07) is 16.7. The lowest BCUT2D eigenvalue weighted by molar-refractivity contribution is 0.0846. The number of Topliss-reactive ketones (excluding diaryl/α,β-unsaturated/α-hetero) is 1. The van der Waals surface area contributed by atoms with E-state index in [1.54, 1.807) is 17.0 Å². The molecular formula is C22H26N2O3. The Morgan fingerprint density at radius 2 is 1.78 bits per heavy atom. The van der Waals surface area contributed by atoms with Gasteiger partial charge in [0.2, 0.25) is 0 Å². The Labute approximate surface area is 160 Å². The number of benzene rings is 2. The van der Waals surface area contributed by atoms with Crippen molar-refractivity contribution >= 4 is 11.8 Å². The van der Waals surface area contributed by atoms with Crippen LogP contribution in [0.5, 0.6) is 11.5 Å². The first-order valence-corrected chi connectivity index (χ1v) is 9.57. The van der Waals surface area contributed by atoms with Crippen molar-refractivity contribution in [3.8, 4) is 11.5 Å². The van der Waals surface area contributed by atoms with Gasteiger partial charge in [0.25, 0.3) is 0 Å². The van der Waals surface area contributed by atoms with Crippen LogP contribution < -0.4 is 10.1 Å². The molecule has 1 N–H and O–H groups in total. The predicted molar refractivity (Wildman–Crippen MR) is 105 cm³/mol. The number of para-hydroxylation sites is 1. The SMILES string of the molecule is CCCNC(=O)N1CCCC(C(=O)c2ccc(Oc3ccccc3)cc2)C1. The quantitative estimate of drug-likeness (QED) is 0.766. The summed E-state index contributed by atoms with van der Waals surface area (Å²) >= 11 is 0. The Bertz CT molecular complexity index is 759. The molecule has 27 heavy (non-hydrogen) atoms. The minimum atomic E-state index is -0.146. The van der Waals surface area contributed by atoms with Crippen LogP contribution in [0.15, 0.2) is 54.6 Å². The van der Waals surface area contributed by atoms with Crippen LogP contribution in [0.1, 0.15) is 36.5 Å². The van der Waals surface area contributed by atoms with Crippen molar-refractivity contribution < 1.29 is 14.3 Å². The van der Waals surface area contributed by atoms with Gasteiger partial charge in [0.1, 0.15) is 11.5 Å². The highest BCUT2D eigenvalue weighted by molar-refractivity contribution is 5.98. The molecule has 2 aromatic carbocycles. The first-order chi connectivity index (χ1) is 13.2. The highest BCUT2D eigenvalue weighted by Crippen LogP contribution is 2.24. The molecule has 1 unspecified atom stereocenters. The molecule has 2 aromatic rings. The van der Waals surface area contributed by atoms with Crippen molar-refractivity contribution in [2.24, 2.45) is 5.92 Å². The third kappa shape index (κ3) is 5.09. The lowest BCUT2D eigenvalue weighted by atomic mass is 9.90. The van der Waals surface area contributed by atoms with E-state index in [0.717, 1.165) is 25.0 Å². The summed E-state index contributed by atoms with van der Waals surface area (Å²) in [5, 5.41) is 2.89. The highest BCUT2D eigenvalue weighted by Gasteiger charge is 2.28. The van der Waals surface area contributed by atoms with Gasteiger partial charge in [-0.25, -0.2) is 4.79 Å². The van der Waals surface area contributed by atoms with Crippen LogP contribution in [0.25, 0.3) is 0 Å². The monoisotopic (exact) mass is 366 g/mol. The van der Waals surface area contributed by atoms with E-state index >= 15 is 0 Å². The Morgan fingerprint density at radius 1 is 1.07 bits per heavy atom. The molecule has 0 radical (unpaired) electrons. The summed E-state index contributed by atoms with van der Waals surface area (Å²) in [4.78, 5) is 26.8. The number of hydrogen-bond acceptors (Lipinski definition) is 3. The van der Waals surface area contributed by atoms with Gasteiger partial charge in [0, 0.05) is 31.1 Å². The summed E-state index contributed by atoms with van der Waals surface area (Å²) in [7, 11) is 0. The summed E-state index contributed by atoms with van der Waals surface area (Å²) in [6.07, 6.45) is 2.57. The first-order valence-electron chi connectivity index (χ1n) is 9.57. The van der Waals surface area contributed by atoms with Crippen LogP contribution in [0, 0.1) is 5.92 Å². The lowest BCUT2D eigenvalue weighted by Crippen LogP contribution is -2.47. The highest BCUT2D eigenvalue weighted by atomic mass is 16.5. The number of nitrogens with one attached hydrogen (secondary N) is 1. The zero-order valence-electron chi connectivity index (χ0n) is 15.7. The number of urea groups is 1. The van der Waals surface area contributed by atoms with Gasteiger partial charge in [-0.05, 0) is 55.7 Å². The minimum absolute atomic E-state index is 0.0686. The fourth-order valence-electron chi connectivity index (χ4n) is 3.27. The smallest absolute Gasteiger partial charge is 0.317 e. The second kappa shape index (κ2) is 9.21. The summed E-state index contributed by atoms with van der Waals surface area (Å²) in [6.45, 7) is 3.88. The van der Waals surface area contributed by atoms with Crippen LogP contribution in [-0.4, -0.2) is 36.3 Å². The number of piperidine rings is 1. The van der Waals surface area contributed by atoms with Gasteiger partial charge < -0.3 is 15.0 Å². The van der Waals surface area contributed by atoms with Gasteiger partial charge in [0.15, 0.2) is 5.78 Å². The molecular weight excluding hydrogens is 340 g/mol. The number of nitrogens with zero attached hydrogens (tertiary/aromatic N) is 1. The Morgan fingerprint density at radius 3 is 2.48 bits per heavy atom. The first kappa shape index (κ1) is 19.0. The Hall–Kier alpha value is -2.82. The molecule has 0 aliphatic carbocycles. The number of carbonyl (C=O) groups excluding carboxylic acids is 2. The molecule has 1 saturated heterocycles. The Kier molecular flexibility index (Phi) is 6.47. The van der Waals surface area contributed by atoms with Gasteiger partial charge in [-0.15, -0.1) is 0 Å². The number of carbonyl (C=O) groups is 2. The number of ketones is 1. The van der Waals surface area contributed by atoms with E-state index in [-0.39, 0.29) is 17.7 Å². The lowest BCUT2D eigenvalue weighted by Gasteiger charge is -2.32. The van der Waals surface area contributed by atoms with Crippen molar-refractivity contribution in [1.29, 1.82) is 0 Å². The normalized spacial score (nSPS) is 16.6. The van der Waals surface area contributed by atoms with E-state index in [1.165, 1.54) is 0 Å². The number of ether oxygens (including phenoxy) is 1. The van der Waals surface area contributed by atoms with Gasteiger partial charge in [-0.3, -0.25) is 4.79 Å². The van der Waals surface area contributed by atoms with Crippen LogP contribution >= 0.6 is 0 Å².